The summed E-state index contributed by atoms with van der Waals surface area (Å²) >= 11 is 0. The van der Waals surface area contributed by atoms with Crippen molar-refractivity contribution in [3.05, 3.63) is 35.0 Å². The van der Waals surface area contributed by atoms with Crippen molar-refractivity contribution >= 4 is 11.8 Å². The van der Waals surface area contributed by atoms with Crippen LogP contribution in [0.15, 0.2) is 18.3 Å². The summed E-state index contributed by atoms with van der Waals surface area (Å²) in [6, 6.07) is 3.82. The molecule has 2 rings (SSSR count). The number of benzene rings is 1. The number of ether oxygens (including phenoxy) is 2. The number of hydrogen-bond acceptors (Lipinski definition) is 6. The van der Waals surface area contributed by atoms with Crippen LogP contribution in [0.2, 0.25) is 0 Å². The number of nitrogen functional groups attached to an aromatic ring is 2. The van der Waals surface area contributed by atoms with E-state index in [1.807, 2.05) is 12.1 Å². The maximum atomic E-state index is 5.88. The van der Waals surface area contributed by atoms with Crippen molar-refractivity contribution in [2.75, 3.05) is 25.7 Å². The molecule has 0 aliphatic rings. The number of methoxy groups -OCH3 is 2. The number of nitrogens with two attached hydrogens (primary N) is 2. The van der Waals surface area contributed by atoms with Gasteiger partial charge in [0.15, 0.2) is 11.5 Å². The summed E-state index contributed by atoms with van der Waals surface area (Å²) < 4.78 is 10.7. The summed E-state index contributed by atoms with van der Waals surface area (Å²) in [7, 11) is 3.18. The zero-order valence-corrected chi connectivity index (χ0v) is 12.8. The van der Waals surface area contributed by atoms with Gasteiger partial charge in [0.2, 0.25) is 5.95 Å². The van der Waals surface area contributed by atoms with Gasteiger partial charge in [-0.1, -0.05) is 5.92 Å². The quantitative estimate of drug-likeness (QED) is 0.833. The molecule has 0 amide bonds. The lowest BCUT2D eigenvalue weighted by atomic mass is 10.0. The standard InChI is InChI=1S/C16H18N4O2/c1-4-5-11-6-10(8-13(21-2)14(11)22-3)7-12-9-19-16(18)20-15(12)17/h6,8-9H,7H2,1-3H3,(H4,17,18,19,20). The SMILES string of the molecule is CC#Cc1cc(Cc2cnc(N)nc2N)cc(OC)c1OC. The molecule has 1 aromatic carbocycles. The third kappa shape index (κ3) is 3.20. The van der Waals surface area contributed by atoms with Crippen LogP contribution >= 0.6 is 0 Å². The highest BCUT2D eigenvalue weighted by atomic mass is 16.5. The first kappa shape index (κ1) is 15.4. The zero-order chi connectivity index (χ0) is 16.1. The Hall–Kier alpha value is -2.94. The fourth-order valence-electron chi connectivity index (χ4n) is 2.14. The minimum absolute atomic E-state index is 0.158. The molecule has 0 saturated heterocycles. The van der Waals surface area contributed by atoms with E-state index in [1.165, 1.54) is 0 Å². The molecule has 0 saturated carbocycles. The minimum Gasteiger partial charge on any atom is -0.493 e. The van der Waals surface area contributed by atoms with Crippen LogP contribution in [-0.2, 0) is 6.42 Å². The van der Waals surface area contributed by atoms with E-state index in [-0.39, 0.29) is 5.95 Å². The van der Waals surface area contributed by atoms with Crippen LogP contribution in [-0.4, -0.2) is 24.2 Å². The molecule has 1 heterocycles. The maximum absolute atomic E-state index is 5.88. The monoisotopic (exact) mass is 298 g/mol. The molecule has 0 radical (unpaired) electrons. The van der Waals surface area contributed by atoms with E-state index >= 15 is 0 Å². The fraction of sp³-hybridized carbons (Fsp3) is 0.250. The molecule has 1 aromatic heterocycles. The molecule has 0 aliphatic carbocycles. The van der Waals surface area contributed by atoms with E-state index in [0.717, 1.165) is 16.7 Å². The lowest BCUT2D eigenvalue weighted by molar-refractivity contribution is 0.354. The number of hydrogen-bond donors (Lipinski definition) is 2. The van der Waals surface area contributed by atoms with Crippen LogP contribution in [0.25, 0.3) is 0 Å². The lowest BCUT2D eigenvalue weighted by Crippen LogP contribution is -2.04. The highest BCUT2D eigenvalue weighted by Gasteiger charge is 2.13. The van der Waals surface area contributed by atoms with Gasteiger partial charge in [-0.05, 0) is 24.6 Å². The van der Waals surface area contributed by atoms with Gasteiger partial charge in [-0.2, -0.15) is 4.98 Å². The van der Waals surface area contributed by atoms with Gasteiger partial charge in [0, 0.05) is 18.2 Å². The number of nitrogens with zero attached hydrogens (tertiary/aromatic N) is 2. The average molecular weight is 298 g/mol. The van der Waals surface area contributed by atoms with Gasteiger partial charge in [0.25, 0.3) is 0 Å². The summed E-state index contributed by atoms with van der Waals surface area (Å²) in [6.07, 6.45) is 2.17. The van der Waals surface area contributed by atoms with Crippen LogP contribution in [0.5, 0.6) is 11.5 Å². The Morgan fingerprint density at radius 1 is 1.18 bits per heavy atom. The van der Waals surface area contributed by atoms with Crippen LogP contribution in [0.1, 0.15) is 23.6 Å². The van der Waals surface area contributed by atoms with Crippen molar-refractivity contribution in [2.24, 2.45) is 0 Å². The molecule has 6 nitrogen and oxygen atoms in total. The molecular weight excluding hydrogens is 280 g/mol. The Morgan fingerprint density at radius 3 is 2.55 bits per heavy atom. The van der Waals surface area contributed by atoms with Crippen LogP contribution < -0.4 is 20.9 Å². The highest BCUT2D eigenvalue weighted by molar-refractivity contribution is 5.57. The Labute approximate surface area is 129 Å². The van der Waals surface area contributed by atoms with Gasteiger partial charge >= 0.3 is 0 Å². The van der Waals surface area contributed by atoms with E-state index in [9.17, 15) is 0 Å². The Balaban J connectivity index is 2.46. The summed E-state index contributed by atoms with van der Waals surface area (Å²) in [6.45, 7) is 1.77. The second-order valence-electron chi connectivity index (χ2n) is 4.57. The Bertz CT molecular complexity index is 748. The van der Waals surface area contributed by atoms with Crippen LogP contribution in [0.3, 0.4) is 0 Å². The largest absolute Gasteiger partial charge is 0.493 e. The zero-order valence-electron chi connectivity index (χ0n) is 12.8. The first-order valence-electron chi connectivity index (χ1n) is 6.63. The van der Waals surface area contributed by atoms with E-state index in [1.54, 1.807) is 27.3 Å². The maximum Gasteiger partial charge on any atom is 0.221 e. The minimum atomic E-state index is 0.158. The molecule has 0 aliphatic heterocycles. The first-order valence-corrected chi connectivity index (χ1v) is 6.63. The molecule has 2 aromatic rings. The fourth-order valence-corrected chi connectivity index (χ4v) is 2.14. The normalized spacial score (nSPS) is 9.77. The Kier molecular flexibility index (Phi) is 4.69. The summed E-state index contributed by atoms with van der Waals surface area (Å²) in [4.78, 5) is 7.94. The molecule has 0 fully saturated rings. The Morgan fingerprint density at radius 2 is 1.95 bits per heavy atom. The van der Waals surface area contributed by atoms with Gasteiger partial charge in [-0.25, -0.2) is 4.98 Å². The predicted octanol–water partition coefficient (Wildman–Crippen LogP) is 1.62. The van der Waals surface area contributed by atoms with Gasteiger partial charge in [-0.3, -0.25) is 0 Å². The van der Waals surface area contributed by atoms with Crippen LogP contribution in [0.4, 0.5) is 11.8 Å². The number of anilines is 2. The average Bonchev–Trinajstić information content (AvgIpc) is 2.50. The third-order valence-electron chi connectivity index (χ3n) is 3.11. The molecule has 22 heavy (non-hydrogen) atoms. The van der Waals surface area contributed by atoms with Crippen LogP contribution in [0, 0.1) is 11.8 Å². The topological polar surface area (TPSA) is 96.3 Å². The molecule has 0 bridgehead atoms. The third-order valence-corrected chi connectivity index (χ3v) is 3.11. The van der Waals surface area contributed by atoms with Crippen molar-refractivity contribution in [2.45, 2.75) is 13.3 Å². The lowest BCUT2D eigenvalue weighted by Gasteiger charge is -2.13. The molecule has 6 heteroatoms. The van der Waals surface area contributed by atoms with Crippen molar-refractivity contribution in [3.63, 3.8) is 0 Å². The van der Waals surface area contributed by atoms with Gasteiger partial charge in [-0.15, -0.1) is 5.92 Å². The van der Waals surface area contributed by atoms with Crippen molar-refractivity contribution in [1.82, 2.24) is 9.97 Å². The highest BCUT2D eigenvalue weighted by Crippen LogP contribution is 2.33. The first-order chi connectivity index (χ1) is 10.6. The summed E-state index contributed by atoms with van der Waals surface area (Å²) in [5, 5.41) is 0. The van der Waals surface area contributed by atoms with Gasteiger partial charge in [0.05, 0.1) is 19.8 Å². The molecule has 4 N–H and O–H groups in total. The molecule has 0 unspecified atom stereocenters. The molecule has 0 spiro atoms. The molecular formula is C16H18N4O2. The second-order valence-corrected chi connectivity index (χ2v) is 4.57. The summed E-state index contributed by atoms with van der Waals surface area (Å²) in [5.74, 6) is 7.64. The molecule has 114 valence electrons. The number of rotatable bonds is 4. The van der Waals surface area contributed by atoms with E-state index in [0.29, 0.717) is 23.7 Å². The number of aromatic nitrogens is 2. The van der Waals surface area contributed by atoms with E-state index < -0.39 is 0 Å². The van der Waals surface area contributed by atoms with Crippen molar-refractivity contribution in [1.29, 1.82) is 0 Å². The summed E-state index contributed by atoms with van der Waals surface area (Å²) in [5.41, 5.74) is 13.9. The smallest absolute Gasteiger partial charge is 0.221 e. The van der Waals surface area contributed by atoms with Gasteiger partial charge < -0.3 is 20.9 Å². The van der Waals surface area contributed by atoms with Gasteiger partial charge in [0.1, 0.15) is 5.82 Å². The molecule has 0 atom stereocenters. The predicted molar refractivity (Wildman–Crippen MR) is 85.8 cm³/mol. The van der Waals surface area contributed by atoms with Crippen molar-refractivity contribution < 1.29 is 9.47 Å². The van der Waals surface area contributed by atoms with E-state index in [4.69, 9.17) is 20.9 Å². The van der Waals surface area contributed by atoms with Crippen molar-refractivity contribution in [3.8, 4) is 23.3 Å². The van der Waals surface area contributed by atoms with E-state index in [2.05, 4.69) is 21.8 Å². The second kappa shape index (κ2) is 6.68.